The van der Waals surface area contributed by atoms with Crippen LogP contribution in [-0.4, -0.2) is 70.2 Å². The van der Waals surface area contributed by atoms with Gasteiger partial charge in [-0.1, -0.05) is 18.2 Å². The molecule has 0 aromatic heterocycles. The lowest BCUT2D eigenvalue weighted by Gasteiger charge is -2.37. The van der Waals surface area contributed by atoms with Crippen molar-refractivity contribution in [1.82, 2.24) is 9.80 Å². The van der Waals surface area contributed by atoms with Crippen molar-refractivity contribution in [2.45, 2.75) is 49.9 Å². The number of aliphatic hydroxyl groups is 1. The molecule has 14 heteroatoms. The van der Waals surface area contributed by atoms with Gasteiger partial charge in [-0.25, -0.2) is 0 Å². The molecule has 0 amide bonds. The van der Waals surface area contributed by atoms with E-state index in [1.54, 1.807) is 19.2 Å². The minimum atomic E-state index is -6.16. The first-order valence-electron chi connectivity index (χ1n) is 16.8. The number of alkyl halides is 3. The fourth-order valence-electron chi connectivity index (χ4n) is 7.37. The number of rotatable bonds is 5. The molecule has 0 spiro atoms. The number of hydrogen-bond donors (Lipinski definition) is 1. The maximum absolute atomic E-state index is 13.9. The first-order chi connectivity index (χ1) is 24.8. The Morgan fingerprint density at radius 2 is 1.46 bits per heavy atom. The van der Waals surface area contributed by atoms with Gasteiger partial charge < -0.3 is 28.2 Å². The third kappa shape index (κ3) is 6.64. The molecule has 8 rings (SSSR count). The zero-order valence-electron chi connectivity index (χ0n) is 29.1. The van der Waals surface area contributed by atoms with E-state index >= 15 is 0 Å². The molecule has 4 heterocycles. The number of methoxy groups -OCH3 is 2. The van der Waals surface area contributed by atoms with Crippen molar-refractivity contribution in [2.75, 3.05) is 41.4 Å². The number of nitrogens with zero attached hydrogens (tertiary/aromatic N) is 2. The van der Waals surface area contributed by atoms with Gasteiger partial charge in [0.15, 0.2) is 23.0 Å². The lowest BCUT2D eigenvalue weighted by molar-refractivity contribution is -0.0501. The number of aliphatic hydroxyl groups excluding tert-OH is 1. The molecule has 0 radical (unpaired) electrons. The van der Waals surface area contributed by atoms with E-state index in [0.717, 1.165) is 28.8 Å². The first-order valence-corrected chi connectivity index (χ1v) is 18.2. The lowest BCUT2D eigenvalue weighted by atomic mass is 9.86. The fourth-order valence-corrected chi connectivity index (χ4v) is 7.84. The van der Waals surface area contributed by atoms with Crippen molar-refractivity contribution in [3.8, 4) is 40.2 Å². The molecule has 1 N–H and O–H groups in total. The van der Waals surface area contributed by atoms with Gasteiger partial charge in [0.2, 0.25) is 5.75 Å². The standard InChI is InChI=1S/C38H39F3N2O8S/c1-42-13-11-24-18-26(21-44)32-20-28(24)29(42)15-22-5-8-27(9-6-22)49-33-17-23(7-10-31(33)47-3)16-30-35-25(12-14-43(30)2)19-34(48-4)36(37(35)50-32)51-52(45,46)38(39,40)41/h5-10,17-20,29-30,44H,11-16,21H2,1-4H3/t29-,30-/m0/s1. The Hall–Kier alpha value is -4.50. The smallest absolute Gasteiger partial charge is 0.493 e. The Labute approximate surface area is 300 Å². The van der Waals surface area contributed by atoms with Crippen LogP contribution >= 0.6 is 0 Å². The Morgan fingerprint density at radius 3 is 2.13 bits per heavy atom. The van der Waals surface area contributed by atoms with E-state index in [2.05, 4.69) is 4.90 Å². The molecule has 2 atom stereocenters. The summed E-state index contributed by atoms with van der Waals surface area (Å²) in [6.45, 7) is 0.887. The van der Waals surface area contributed by atoms with Crippen molar-refractivity contribution < 1.29 is 49.8 Å². The van der Waals surface area contributed by atoms with Crippen LogP contribution in [0.4, 0.5) is 13.2 Å². The molecular weight excluding hydrogens is 701 g/mol. The van der Waals surface area contributed by atoms with Crippen LogP contribution in [0.25, 0.3) is 0 Å². The Balaban J connectivity index is 1.51. The molecule has 4 aliphatic rings. The number of likely N-dealkylation sites (N-methyl/N-ethyl adjacent to an activating group) is 2. The molecule has 276 valence electrons. The van der Waals surface area contributed by atoms with Crippen LogP contribution in [0, 0.1) is 0 Å². The molecule has 52 heavy (non-hydrogen) atoms. The minimum Gasteiger partial charge on any atom is -0.493 e. The van der Waals surface area contributed by atoms with Crippen LogP contribution in [0.1, 0.15) is 51.0 Å². The van der Waals surface area contributed by atoms with Gasteiger partial charge in [0.05, 0.1) is 20.8 Å². The summed E-state index contributed by atoms with van der Waals surface area (Å²) in [6.07, 6.45) is 2.08. The predicted molar refractivity (Wildman–Crippen MR) is 186 cm³/mol. The highest BCUT2D eigenvalue weighted by atomic mass is 32.2. The van der Waals surface area contributed by atoms with E-state index in [0.29, 0.717) is 66.2 Å². The molecule has 0 saturated carbocycles. The number of ether oxygens (including phenoxy) is 4. The first kappa shape index (κ1) is 35.9. The van der Waals surface area contributed by atoms with Crippen LogP contribution < -0.4 is 23.1 Å². The quantitative estimate of drug-likeness (QED) is 0.172. The minimum absolute atomic E-state index is 0.124. The Bertz CT molecular complexity index is 2110. The highest BCUT2D eigenvalue weighted by Crippen LogP contribution is 2.52. The summed E-state index contributed by atoms with van der Waals surface area (Å²) in [7, 11) is 0.499. The van der Waals surface area contributed by atoms with Gasteiger partial charge in [-0.15, -0.1) is 0 Å². The second-order valence-corrected chi connectivity index (χ2v) is 14.9. The maximum atomic E-state index is 13.9. The van der Waals surface area contributed by atoms with Crippen LogP contribution in [0.2, 0.25) is 0 Å². The molecule has 4 aromatic rings. The predicted octanol–water partition coefficient (Wildman–Crippen LogP) is 6.87. The number of fused-ring (bicyclic) bond motifs is 2. The summed E-state index contributed by atoms with van der Waals surface area (Å²) >= 11 is 0. The second-order valence-electron chi connectivity index (χ2n) is 13.3. The average Bonchev–Trinajstić information content (AvgIpc) is 3.11. The maximum Gasteiger partial charge on any atom is 0.534 e. The van der Waals surface area contributed by atoms with E-state index in [9.17, 15) is 26.7 Å². The molecule has 0 unspecified atom stereocenters. The van der Waals surface area contributed by atoms with Gasteiger partial charge in [0, 0.05) is 36.3 Å². The number of halogens is 3. The third-order valence-electron chi connectivity index (χ3n) is 10.2. The number of benzene rings is 4. The topological polar surface area (TPSA) is 107 Å². The van der Waals surface area contributed by atoms with Crippen LogP contribution in [0.3, 0.4) is 0 Å². The zero-order chi connectivity index (χ0) is 36.9. The zero-order valence-corrected chi connectivity index (χ0v) is 29.9. The summed E-state index contributed by atoms with van der Waals surface area (Å²) < 4.78 is 96.0. The van der Waals surface area contributed by atoms with Crippen LogP contribution in [0.5, 0.6) is 40.2 Å². The van der Waals surface area contributed by atoms with Gasteiger partial charge in [-0.2, -0.15) is 21.6 Å². The van der Waals surface area contributed by atoms with Gasteiger partial charge in [0.1, 0.15) is 11.5 Å². The molecule has 0 saturated heterocycles. The summed E-state index contributed by atoms with van der Waals surface area (Å²) in [6, 6.07) is 17.8. The lowest BCUT2D eigenvalue weighted by Crippen LogP contribution is -2.34. The van der Waals surface area contributed by atoms with Crippen molar-refractivity contribution >= 4 is 10.1 Å². The van der Waals surface area contributed by atoms with Crippen LogP contribution in [-0.2, 0) is 42.4 Å². The molecule has 4 aliphatic heterocycles. The van der Waals surface area contributed by atoms with E-state index in [-0.39, 0.29) is 23.3 Å². The van der Waals surface area contributed by atoms with Crippen molar-refractivity contribution in [1.29, 1.82) is 0 Å². The van der Waals surface area contributed by atoms with Crippen molar-refractivity contribution in [3.63, 3.8) is 0 Å². The SMILES string of the molecule is COc1ccc2cc1Oc1ccc(cc1)C[C@H]1c3cc(c(CO)cc3CCN1C)Oc1c(OS(=O)(=O)C(F)(F)F)c(OC)cc3c1[C@H](C2)N(C)CC3. The Kier molecular flexibility index (Phi) is 9.53. The van der Waals surface area contributed by atoms with E-state index in [1.165, 1.54) is 13.2 Å². The monoisotopic (exact) mass is 740 g/mol. The average molecular weight is 741 g/mol. The molecular formula is C38H39F3N2O8S. The molecule has 0 fully saturated rings. The van der Waals surface area contributed by atoms with Crippen LogP contribution in [0.15, 0.2) is 60.7 Å². The van der Waals surface area contributed by atoms with E-state index in [4.69, 9.17) is 23.1 Å². The molecule has 6 bridgehead atoms. The van der Waals surface area contributed by atoms with Gasteiger partial charge in [0.25, 0.3) is 0 Å². The highest BCUT2D eigenvalue weighted by Gasteiger charge is 2.50. The van der Waals surface area contributed by atoms with Crippen molar-refractivity contribution in [3.05, 3.63) is 99.6 Å². The summed E-state index contributed by atoms with van der Waals surface area (Å²) in [5, 5.41) is 10.6. The van der Waals surface area contributed by atoms with Gasteiger partial charge >= 0.3 is 15.6 Å². The van der Waals surface area contributed by atoms with E-state index < -0.39 is 34.0 Å². The highest BCUT2D eigenvalue weighted by molar-refractivity contribution is 7.88. The summed E-state index contributed by atoms with van der Waals surface area (Å²) in [5.74, 6) is 0.539. The van der Waals surface area contributed by atoms with Crippen molar-refractivity contribution in [2.24, 2.45) is 0 Å². The third-order valence-corrected chi connectivity index (χ3v) is 11.1. The van der Waals surface area contributed by atoms with Gasteiger partial charge in [-0.3, -0.25) is 9.80 Å². The van der Waals surface area contributed by atoms with E-state index in [1.807, 2.05) is 61.5 Å². The Morgan fingerprint density at radius 1 is 0.808 bits per heavy atom. The largest absolute Gasteiger partial charge is 0.534 e. The number of hydrogen-bond acceptors (Lipinski definition) is 10. The second kappa shape index (κ2) is 13.8. The molecule has 10 nitrogen and oxygen atoms in total. The summed E-state index contributed by atoms with van der Waals surface area (Å²) in [4.78, 5) is 4.24. The molecule has 4 aromatic carbocycles. The summed E-state index contributed by atoms with van der Waals surface area (Å²) in [5.41, 5.74) is -0.463. The fraction of sp³-hybridized carbons (Fsp3) is 0.368. The van der Waals surface area contributed by atoms with Gasteiger partial charge in [-0.05, 0) is 110 Å². The normalized spacial score (nSPS) is 19.1. The molecule has 0 aliphatic carbocycles.